The fourth-order valence-electron chi connectivity index (χ4n) is 2.14. The summed E-state index contributed by atoms with van der Waals surface area (Å²) < 4.78 is 5.17. The summed E-state index contributed by atoms with van der Waals surface area (Å²) in [6.07, 6.45) is 3.45. The predicted octanol–water partition coefficient (Wildman–Crippen LogP) is 1.89. The second-order valence-electron chi connectivity index (χ2n) is 6.30. The number of carbonyl (C=O) groups excluding carboxylic acids is 1. The molecule has 1 aliphatic rings. The second-order valence-corrected chi connectivity index (χ2v) is 6.30. The summed E-state index contributed by atoms with van der Waals surface area (Å²) in [5, 5.41) is 6.64. The van der Waals surface area contributed by atoms with E-state index in [0.717, 1.165) is 31.2 Å². The first-order valence-corrected chi connectivity index (χ1v) is 8.43. The summed E-state index contributed by atoms with van der Waals surface area (Å²) in [5.41, 5.74) is 1.23. The Morgan fingerprint density at radius 1 is 1.24 bits per heavy atom. The van der Waals surface area contributed by atoms with Crippen LogP contribution in [-0.4, -0.2) is 57.6 Å². The largest absolute Gasteiger partial charge is 0.497 e. The highest BCUT2D eigenvalue weighted by Crippen LogP contribution is 2.27. The van der Waals surface area contributed by atoms with Crippen LogP contribution in [0.5, 0.6) is 5.75 Å². The maximum absolute atomic E-state index is 11.7. The Kier molecular flexibility index (Phi) is 9.62. The molecule has 0 radical (unpaired) electrons. The van der Waals surface area contributed by atoms with Crippen LogP contribution in [0.4, 0.5) is 0 Å². The number of benzene rings is 1. The van der Waals surface area contributed by atoms with Crippen molar-refractivity contribution < 1.29 is 9.53 Å². The molecule has 25 heavy (non-hydrogen) atoms. The molecule has 1 fully saturated rings. The van der Waals surface area contributed by atoms with E-state index in [-0.39, 0.29) is 36.4 Å². The first-order chi connectivity index (χ1) is 11.6. The van der Waals surface area contributed by atoms with Gasteiger partial charge < -0.3 is 20.3 Å². The van der Waals surface area contributed by atoms with Crippen molar-refractivity contribution in [2.45, 2.75) is 19.3 Å². The van der Waals surface area contributed by atoms with Gasteiger partial charge in [0.15, 0.2) is 5.96 Å². The Morgan fingerprint density at radius 3 is 2.48 bits per heavy atom. The molecule has 0 heterocycles. The highest BCUT2D eigenvalue weighted by Gasteiger charge is 2.21. The molecule has 140 valence electrons. The molecule has 1 aromatic carbocycles. The fraction of sp³-hybridized carbons (Fsp3) is 0.556. The Labute approximate surface area is 167 Å². The van der Waals surface area contributed by atoms with E-state index < -0.39 is 0 Å². The van der Waals surface area contributed by atoms with Gasteiger partial charge in [0.25, 0.3) is 0 Å². The van der Waals surface area contributed by atoms with Crippen molar-refractivity contribution in [3.8, 4) is 5.75 Å². The van der Waals surface area contributed by atoms with Crippen molar-refractivity contribution in [2.75, 3.05) is 40.8 Å². The van der Waals surface area contributed by atoms with E-state index in [1.165, 1.54) is 18.4 Å². The average molecular weight is 460 g/mol. The fourth-order valence-corrected chi connectivity index (χ4v) is 2.14. The summed E-state index contributed by atoms with van der Waals surface area (Å²) in [6, 6.07) is 8.05. The number of aliphatic imine (C=N–C) groups is 1. The predicted molar refractivity (Wildman–Crippen MR) is 112 cm³/mol. The van der Waals surface area contributed by atoms with Crippen molar-refractivity contribution in [3.63, 3.8) is 0 Å². The third kappa shape index (κ3) is 8.42. The van der Waals surface area contributed by atoms with Crippen molar-refractivity contribution in [1.82, 2.24) is 15.5 Å². The first kappa shape index (κ1) is 21.5. The molecule has 1 aromatic rings. The summed E-state index contributed by atoms with van der Waals surface area (Å²) in [4.78, 5) is 17.6. The number of guanidine groups is 1. The van der Waals surface area contributed by atoms with Crippen LogP contribution in [0.3, 0.4) is 0 Å². The molecule has 2 rings (SSSR count). The zero-order chi connectivity index (χ0) is 17.4. The number of nitrogens with zero attached hydrogens (tertiary/aromatic N) is 2. The Hall–Kier alpha value is -1.51. The smallest absolute Gasteiger partial charge is 0.243 e. The Balaban J connectivity index is 0.00000312. The third-order valence-corrected chi connectivity index (χ3v) is 3.99. The van der Waals surface area contributed by atoms with Gasteiger partial charge in [-0.1, -0.05) is 12.1 Å². The molecule has 0 unspecified atom stereocenters. The molecule has 1 amide bonds. The molecular formula is C18H29IN4O2. The second kappa shape index (κ2) is 11.2. The van der Waals surface area contributed by atoms with Gasteiger partial charge in [-0.2, -0.15) is 0 Å². The van der Waals surface area contributed by atoms with Crippen LogP contribution in [0.2, 0.25) is 0 Å². The highest BCUT2D eigenvalue weighted by atomic mass is 127. The lowest BCUT2D eigenvalue weighted by Gasteiger charge is -2.13. The number of hydrogen-bond acceptors (Lipinski definition) is 3. The lowest BCUT2D eigenvalue weighted by molar-refractivity contribution is -0.127. The Morgan fingerprint density at radius 2 is 1.92 bits per heavy atom. The molecule has 0 bridgehead atoms. The zero-order valence-electron chi connectivity index (χ0n) is 15.2. The molecule has 0 aliphatic heterocycles. The number of rotatable bonds is 8. The van der Waals surface area contributed by atoms with Crippen LogP contribution in [0.25, 0.3) is 0 Å². The molecule has 7 heteroatoms. The normalized spacial score (nSPS) is 13.6. The lowest BCUT2D eigenvalue weighted by Crippen LogP contribution is -2.40. The molecule has 0 spiro atoms. The molecule has 1 saturated carbocycles. The van der Waals surface area contributed by atoms with Gasteiger partial charge in [-0.25, -0.2) is 4.99 Å². The summed E-state index contributed by atoms with van der Waals surface area (Å²) in [7, 11) is 5.15. The molecular weight excluding hydrogens is 431 g/mol. The van der Waals surface area contributed by atoms with Crippen molar-refractivity contribution in [2.24, 2.45) is 10.9 Å². The van der Waals surface area contributed by atoms with Gasteiger partial charge in [0, 0.05) is 27.2 Å². The van der Waals surface area contributed by atoms with E-state index in [0.29, 0.717) is 5.96 Å². The molecule has 2 N–H and O–H groups in total. The maximum Gasteiger partial charge on any atom is 0.243 e. The van der Waals surface area contributed by atoms with Gasteiger partial charge in [-0.15, -0.1) is 24.0 Å². The van der Waals surface area contributed by atoms with Crippen molar-refractivity contribution in [1.29, 1.82) is 0 Å². The molecule has 6 nitrogen and oxygen atoms in total. The zero-order valence-corrected chi connectivity index (χ0v) is 17.6. The monoisotopic (exact) mass is 460 g/mol. The first-order valence-electron chi connectivity index (χ1n) is 8.43. The number of halogens is 1. The number of amides is 1. The van der Waals surface area contributed by atoms with Crippen LogP contribution in [0.15, 0.2) is 29.3 Å². The molecule has 0 saturated heterocycles. The van der Waals surface area contributed by atoms with Gasteiger partial charge in [0.2, 0.25) is 5.91 Å². The number of ether oxygens (including phenoxy) is 1. The van der Waals surface area contributed by atoms with Crippen molar-refractivity contribution >= 4 is 35.8 Å². The SMILES string of the molecule is COc1ccc(CCNC(=NCC(=O)N(C)C)NCC2CC2)cc1.I. The van der Waals surface area contributed by atoms with Crippen LogP contribution in [0, 0.1) is 5.92 Å². The van der Waals surface area contributed by atoms with Gasteiger partial charge in [-0.3, -0.25) is 4.79 Å². The van der Waals surface area contributed by atoms with E-state index >= 15 is 0 Å². The summed E-state index contributed by atoms with van der Waals surface area (Å²) >= 11 is 0. The third-order valence-electron chi connectivity index (χ3n) is 3.99. The van der Waals surface area contributed by atoms with E-state index in [4.69, 9.17) is 4.74 Å². The Bertz CT molecular complexity index is 557. The van der Waals surface area contributed by atoms with E-state index in [2.05, 4.69) is 27.8 Å². The van der Waals surface area contributed by atoms with Crippen LogP contribution in [-0.2, 0) is 11.2 Å². The highest BCUT2D eigenvalue weighted by molar-refractivity contribution is 14.0. The number of likely N-dealkylation sites (N-methyl/N-ethyl adjacent to an activating group) is 1. The maximum atomic E-state index is 11.7. The van der Waals surface area contributed by atoms with Crippen molar-refractivity contribution in [3.05, 3.63) is 29.8 Å². The van der Waals surface area contributed by atoms with Gasteiger partial charge in [-0.05, 0) is 42.9 Å². The molecule has 1 aliphatic carbocycles. The number of methoxy groups -OCH3 is 1. The van der Waals surface area contributed by atoms with Crippen LogP contribution < -0.4 is 15.4 Å². The number of carbonyl (C=O) groups is 1. The molecule has 0 aromatic heterocycles. The lowest BCUT2D eigenvalue weighted by atomic mass is 10.1. The van der Waals surface area contributed by atoms with E-state index in [1.807, 2.05) is 12.1 Å². The van der Waals surface area contributed by atoms with Gasteiger partial charge in [0.05, 0.1) is 7.11 Å². The number of hydrogen-bond donors (Lipinski definition) is 2. The summed E-state index contributed by atoms with van der Waals surface area (Å²) in [6.45, 7) is 1.85. The van der Waals surface area contributed by atoms with Crippen LogP contribution >= 0.6 is 24.0 Å². The minimum absolute atomic E-state index is 0. The number of nitrogens with one attached hydrogen (secondary N) is 2. The summed E-state index contributed by atoms with van der Waals surface area (Å²) in [5.74, 6) is 2.33. The minimum Gasteiger partial charge on any atom is -0.497 e. The minimum atomic E-state index is -0.00215. The average Bonchev–Trinajstić information content (AvgIpc) is 3.41. The van der Waals surface area contributed by atoms with E-state index in [9.17, 15) is 4.79 Å². The van der Waals surface area contributed by atoms with Gasteiger partial charge >= 0.3 is 0 Å². The standard InChI is InChI=1S/C18H28N4O2.HI/c1-22(2)17(23)13-21-18(20-12-15-4-5-15)19-11-10-14-6-8-16(24-3)9-7-14;/h6-9,15H,4-5,10-13H2,1-3H3,(H2,19,20,21);1H. The molecule has 0 atom stereocenters. The quantitative estimate of drug-likeness (QED) is 0.354. The van der Waals surface area contributed by atoms with Crippen LogP contribution in [0.1, 0.15) is 18.4 Å². The van der Waals surface area contributed by atoms with E-state index in [1.54, 1.807) is 26.1 Å². The topological polar surface area (TPSA) is 66.0 Å². The van der Waals surface area contributed by atoms with Gasteiger partial charge in [0.1, 0.15) is 12.3 Å².